The molecule has 0 bridgehead atoms. The van der Waals surface area contributed by atoms with Gasteiger partial charge in [0.25, 0.3) is 0 Å². The van der Waals surface area contributed by atoms with Gasteiger partial charge in [-0.3, -0.25) is 0 Å². The number of likely N-dealkylation sites (N-methyl/N-ethyl adjacent to an activating group) is 1. The monoisotopic (exact) mass is 340 g/mol. The van der Waals surface area contributed by atoms with Gasteiger partial charge in [-0.25, -0.2) is 13.4 Å². The van der Waals surface area contributed by atoms with E-state index in [4.69, 9.17) is 0 Å². The van der Waals surface area contributed by atoms with Gasteiger partial charge >= 0.3 is 0 Å². The maximum absolute atomic E-state index is 12.6. The van der Waals surface area contributed by atoms with E-state index in [1.54, 1.807) is 16.4 Å². The Morgan fingerprint density at radius 3 is 2.48 bits per heavy atom. The summed E-state index contributed by atoms with van der Waals surface area (Å²) in [6, 6.07) is 3.40. The number of hydrogen-bond donors (Lipinski definition) is 1. The van der Waals surface area contributed by atoms with Crippen molar-refractivity contribution in [3.8, 4) is 0 Å². The molecule has 2 rings (SSSR count). The number of sulfonamides is 1. The molecule has 0 amide bonds. The molecule has 0 radical (unpaired) electrons. The van der Waals surface area contributed by atoms with E-state index in [1.807, 2.05) is 7.05 Å². The first-order chi connectivity index (χ1) is 11.0. The van der Waals surface area contributed by atoms with Gasteiger partial charge in [-0.1, -0.05) is 26.2 Å². The van der Waals surface area contributed by atoms with Crippen LogP contribution in [0.3, 0.4) is 0 Å². The fourth-order valence-corrected chi connectivity index (χ4v) is 3.95. The molecule has 1 saturated heterocycles. The van der Waals surface area contributed by atoms with Gasteiger partial charge in [0.15, 0.2) is 0 Å². The van der Waals surface area contributed by atoms with Crippen LogP contribution in [0.4, 0.5) is 5.82 Å². The van der Waals surface area contributed by atoms with Crippen molar-refractivity contribution in [2.45, 2.75) is 37.5 Å². The van der Waals surface area contributed by atoms with Gasteiger partial charge in [0.1, 0.15) is 10.7 Å². The van der Waals surface area contributed by atoms with Crippen LogP contribution >= 0.6 is 0 Å². The zero-order valence-electron chi connectivity index (χ0n) is 14.2. The van der Waals surface area contributed by atoms with Gasteiger partial charge in [-0.05, 0) is 25.6 Å². The molecular formula is C16H28N4O2S. The van der Waals surface area contributed by atoms with Crippen molar-refractivity contribution in [2.24, 2.45) is 0 Å². The fraction of sp³-hybridized carbons (Fsp3) is 0.688. The van der Waals surface area contributed by atoms with Gasteiger partial charge in [-0.2, -0.15) is 4.31 Å². The summed E-state index contributed by atoms with van der Waals surface area (Å²) in [4.78, 5) is 6.66. The molecule has 0 unspecified atom stereocenters. The van der Waals surface area contributed by atoms with Crippen molar-refractivity contribution in [3.05, 3.63) is 18.3 Å². The highest BCUT2D eigenvalue weighted by molar-refractivity contribution is 7.89. The van der Waals surface area contributed by atoms with Crippen molar-refractivity contribution in [2.75, 3.05) is 45.1 Å². The quantitative estimate of drug-likeness (QED) is 0.733. The first-order valence-corrected chi connectivity index (χ1v) is 9.86. The van der Waals surface area contributed by atoms with E-state index in [2.05, 4.69) is 22.1 Å². The van der Waals surface area contributed by atoms with Gasteiger partial charge in [-0.15, -0.1) is 0 Å². The number of anilines is 1. The van der Waals surface area contributed by atoms with Crippen LogP contribution in [0.15, 0.2) is 23.2 Å². The number of nitrogens with one attached hydrogen (secondary N) is 1. The Morgan fingerprint density at radius 2 is 1.87 bits per heavy atom. The van der Waals surface area contributed by atoms with Gasteiger partial charge in [0, 0.05) is 38.9 Å². The lowest BCUT2D eigenvalue weighted by atomic mass is 10.2. The van der Waals surface area contributed by atoms with Crippen LogP contribution in [0.25, 0.3) is 0 Å². The Morgan fingerprint density at radius 1 is 1.13 bits per heavy atom. The van der Waals surface area contributed by atoms with Gasteiger partial charge < -0.3 is 10.2 Å². The second-order valence-corrected chi connectivity index (χ2v) is 8.01. The summed E-state index contributed by atoms with van der Waals surface area (Å²) in [5.41, 5.74) is 0. The SMILES string of the molecule is CCCCCCNc1ccc(S(=O)(=O)N2CCN(C)CC2)cn1. The van der Waals surface area contributed by atoms with Crippen LogP contribution < -0.4 is 5.32 Å². The second-order valence-electron chi connectivity index (χ2n) is 6.07. The Kier molecular flexibility index (Phi) is 6.80. The summed E-state index contributed by atoms with van der Waals surface area (Å²) in [5.74, 6) is 0.735. The molecule has 1 aromatic rings. The topological polar surface area (TPSA) is 65.5 Å². The van der Waals surface area contributed by atoms with E-state index < -0.39 is 10.0 Å². The molecule has 23 heavy (non-hydrogen) atoms. The van der Waals surface area contributed by atoms with E-state index in [1.165, 1.54) is 25.5 Å². The van der Waals surface area contributed by atoms with Crippen molar-refractivity contribution in [3.63, 3.8) is 0 Å². The second kappa shape index (κ2) is 8.61. The maximum atomic E-state index is 12.6. The molecule has 0 aliphatic carbocycles. The maximum Gasteiger partial charge on any atom is 0.244 e. The molecule has 2 heterocycles. The van der Waals surface area contributed by atoms with Crippen molar-refractivity contribution in [1.29, 1.82) is 0 Å². The van der Waals surface area contributed by atoms with Crippen LogP contribution in [0.2, 0.25) is 0 Å². The normalized spacial score (nSPS) is 17.3. The summed E-state index contributed by atoms with van der Waals surface area (Å²) in [6.45, 7) is 5.67. The largest absolute Gasteiger partial charge is 0.370 e. The molecule has 0 spiro atoms. The number of piperazine rings is 1. The van der Waals surface area contributed by atoms with Crippen LogP contribution in [0.5, 0.6) is 0 Å². The highest BCUT2D eigenvalue weighted by atomic mass is 32.2. The third-order valence-electron chi connectivity index (χ3n) is 4.17. The third kappa shape index (κ3) is 5.16. The molecule has 7 heteroatoms. The van der Waals surface area contributed by atoms with E-state index in [0.717, 1.165) is 31.9 Å². The molecule has 0 aromatic carbocycles. The number of pyridine rings is 1. The summed E-state index contributed by atoms with van der Waals surface area (Å²) in [7, 11) is -1.41. The molecule has 1 fully saturated rings. The van der Waals surface area contributed by atoms with Crippen molar-refractivity contribution >= 4 is 15.8 Å². The molecule has 1 aromatic heterocycles. The van der Waals surface area contributed by atoms with E-state index in [-0.39, 0.29) is 4.90 Å². The first kappa shape index (κ1) is 18.2. The predicted octanol–water partition coefficient (Wildman–Crippen LogP) is 2.01. The number of rotatable bonds is 8. The minimum absolute atomic E-state index is 0.276. The lowest BCUT2D eigenvalue weighted by molar-refractivity contribution is 0.222. The van der Waals surface area contributed by atoms with Crippen LogP contribution in [-0.2, 0) is 10.0 Å². The average molecular weight is 340 g/mol. The molecule has 130 valence electrons. The Labute approximate surface area is 139 Å². The highest BCUT2D eigenvalue weighted by Crippen LogP contribution is 2.18. The number of hydrogen-bond acceptors (Lipinski definition) is 5. The summed E-state index contributed by atoms with van der Waals surface area (Å²) in [6.07, 6.45) is 6.24. The minimum atomic E-state index is -3.42. The zero-order chi connectivity index (χ0) is 16.7. The molecule has 1 aliphatic rings. The molecule has 0 saturated carbocycles. The fourth-order valence-electron chi connectivity index (χ4n) is 2.58. The van der Waals surface area contributed by atoms with Crippen LogP contribution in [-0.4, -0.2) is 62.4 Å². The third-order valence-corrected chi connectivity index (χ3v) is 6.06. The smallest absolute Gasteiger partial charge is 0.244 e. The van der Waals surface area contributed by atoms with Crippen LogP contribution in [0, 0.1) is 0 Å². The average Bonchev–Trinajstić information content (AvgIpc) is 2.55. The molecule has 1 N–H and O–H groups in total. The Bertz CT molecular complexity index is 566. The Balaban J connectivity index is 1.90. The minimum Gasteiger partial charge on any atom is -0.370 e. The highest BCUT2D eigenvalue weighted by Gasteiger charge is 2.27. The zero-order valence-corrected chi connectivity index (χ0v) is 15.0. The van der Waals surface area contributed by atoms with E-state index in [9.17, 15) is 8.42 Å². The summed E-state index contributed by atoms with van der Waals surface area (Å²) in [5, 5.41) is 3.24. The van der Waals surface area contributed by atoms with Crippen molar-refractivity contribution in [1.82, 2.24) is 14.2 Å². The molecule has 0 atom stereocenters. The lowest BCUT2D eigenvalue weighted by Gasteiger charge is -2.31. The van der Waals surface area contributed by atoms with Crippen molar-refractivity contribution < 1.29 is 8.42 Å². The van der Waals surface area contributed by atoms with E-state index >= 15 is 0 Å². The van der Waals surface area contributed by atoms with E-state index in [0.29, 0.717) is 13.1 Å². The van der Waals surface area contributed by atoms with Crippen LogP contribution in [0.1, 0.15) is 32.6 Å². The first-order valence-electron chi connectivity index (χ1n) is 8.42. The number of unbranched alkanes of at least 4 members (excludes halogenated alkanes) is 3. The van der Waals surface area contributed by atoms with Gasteiger partial charge in [0.05, 0.1) is 0 Å². The molecule has 6 nitrogen and oxygen atoms in total. The molecule has 1 aliphatic heterocycles. The van der Waals surface area contributed by atoms with Gasteiger partial charge in [0.2, 0.25) is 10.0 Å². The number of nitrogens with zero attached hydrogens (tertiary/aromatic N) is 3. The predicted molar refractivity (Wildman–Crippen MR) is 93.1 cm³/mol. The lowest BCUT2D eigenvalue weighted by Crippen LogP contribution is -2.47. The standard InChI is InChI=1S/C16H28N4O2S/c1-3-4-5-6-9-17-16-8-7-15(14-18-16)23(21,22)20-12-10-19(2)11-13-20/h7-8,14H,3-6,9-13H2,1-2H3,(H,17,18). The number of aromatic nitrogens is 1. The summed E-state index contributed by atoms with van der Waals surface area (Å²) < 4.78 is 26.7. The summed E-state index contributed by atoms with van der Waals surface area (Å²) >= 11 is 0. The molecular weight excluding hydrogens is 312 g/mol. The Hall–Kier alpha value is -1.18.